The number of non-ortho nitro benzene ring substituents is 1. The molecule has 0 spiro atoms. The van der Waals surface area contributed by atoms with E-state index in [9.17, 15) is 15.2 Å². The van der Waals surface area contributed by atoms with Crippen LogP contribution < -0.4 is 0 Å². The Bertz CT molecular complexity index is 1510. The summed E-state index contributed by atoms with van der Waals surface area (Å²) in [5.41, 5.74) is 5.70. The fourth-order valence-corrected chi connectivity index (χ4v) is 5.93. The Kier molecular flexibility index (Phi) is 7.62. The van der Waals surface area contributed by atoms with Gasteiger partial charge in [0, 0.05) is 41.7 Å². The van der Waals surface area contributed by atoms with Gasteiger partial charge in [0.05, 0.1) is 21.9 Å². The minimum Gasteiger partial charge on any atom is -0.494 e. The molecule has 0 unspecified atom stereocenters. The summed E-state index contributed by atoms with van der Waals surface area (Å²) >= 11 is 0. The van der Waals surface area contributed by atoms with Gasteiger partial charge in [0.25, 0.3) is 5.69 Å². The number of nitrogens with zero attached hydrogens (tertiary/aromatic N) is 4. The quantitative estimate of drug-likeness (QED) is 0.151. The lowest BCUT2D eigenvalue weighted by Gasteiger charge is -2.26. The number of aromatic nitrogens is 1. The summed E-state index contributed by atoms with van der Waals surface area (Å²) in [5, 5.41) is 23.1. The summed E-state index contributed by atoms with van der Waals surface area (Å²) in [6, 6.07) is 21.1. The van der Waals surface area contributed by atoms with Gasteiger partial charge in [-0.1, -0.05) is 42.8 Å². The average molecular weight is 538 g/mol. The predicted octanol–water partition coefficient (Wildman–Crippen LogP) is 6.53. The number of hydrogen-bond donors (Lipinski definition) is 2. The molecular formula is C32H35N5O3. The van der Waals surface area contributed by atoms with Gasteiger partial charge in [-0.2, -0.15) is 0 Å². The summed E-state index contributed by atoms with van der Waals surface area (Å²) < 4.78 is 0. The van der Waals surface area contributed by atoms with Gasteiger partial charge in [-0.05, 0) is 81.2 Å². The van der Waals surface area contributed by atoms with E-state index in [2.05, 4.69) is 39.0 Å². The predicted molar refractivity (Wildman–Crippen MR) is 158 cm³/mol. The van der Waals surface area contributed by atoms with Gasteiger partial charge >= 0.3 is 0 Å². The third kappa shape index (κ3) is 5.78. The number of benzene rings is 3. The largest absolute Gasteiger partial charge is 0.494 e. The first kappa shape index (κ1) is 26.2. The van der Waals surface area contributed by atoms with Crippen LogP contribution >= 0.6 is 0 Å². The van der Waals surface area contributed by atoms with Gasteiger partial charge in [0.2, 0.25) is 0 Å². The normalized spacial score (nSPS) is 17.1. The Morgan fingerprint density at radius 2 is 1.40 bits per heavy atom. The fraction of sp³-hybridized carbons (Fsp3) is 0.344. The van der Waals surface area contributed by atoms with E-state index < -0.39 is 4.92 Å². The second-order valence-electron chi connectivity index (χ2n) is 11.0. The van der Waals surface area contributed by atoms with Crippen molar-refractivity contribution >= 4 is 28.0 Å². The van der Waals surface area contributed by atoms with Crippen LogP contribution in [-0.4, -0.2) is 56.7 Å². The van der Waals surface area contributed by atoms with Gasteiger partial charge in [0.15, 0.2) is 5.88 Å². The average Bonchev–Trinajstić information content (AvgIpc) is 3.60. The molecule has 3 heterocycles. The molecule has 1 aromatic heterocycles. The standard InChI is InChI=1S/C32H35N5O3/c38-32-30(28-20-27(37(39)40)14-15-29(28)34-32)31(25-10-6-23(7-11-25)21-35-16-2-1-3-17-35)33-26-12-8-24(9-13-26)22-36-18-4-5-19-36/h6-15,20,34,38H,1-5,16-19,21-22H2. The number of piperidine rings is 1. The van der Waals surface area contributed by atoms with Crippen molar-refractivity contribution in [3.8, 4) is 5.88 Å². The highest BCUT2D eigenvalue weighted by Crippen LogP contribution is 2.34. The summed E-state index contributed by atoms with van der Waals surface area (Å²) in [7, 11) is 0. The second-order valence-corrected chi connectivity index (χ2v) is 11.0. The van der Waals surface area contributed by atoms with E-state index in [4.69, 9.17) is 4.99 Å². The Morgan fingerprint density at radius 1 is 0.825 bits per heavy atom. The molecule has 0 amide bonds. The second kappa shape index (κ2) is 11.6. The first-order valence-electron chi connectivity index (χ1n) is 14.2. The van der Waals surface area contributed by atoms with Crippen LogP contribution in [0.4, 0.5) is 11.4 Å². The number of fused-ring (bicyclic) bond motifs is 1. The van der Waals surface area contributed by atoms with Crippen molar-refractivity contribution < 1.29 is 10.0 Å². The number of rotatable bonds is 8. The zero-order valence-corrected chi connectivity index (χ0v) is 22.7. The highest BCUT2D eigenvalue weighted by atomic mass is 16.6. The molecule has 0 atom stereocenters. The molecule has 2 fully saturated rings. The molecule has 0 bridgehead atoms. The maximum atomic E-state index is 11.5. The van der Waals surface area contributed by atoms with Gasteiger partial charge in [0.1, 0.15) is 0 Å². The van der Waals surface area contributed by atoms with Gasteiger partial charge in [-0.25, -0.2) is 4.99 Å². The SMILES string of the molecule is O=[N+]([O-])c1ccc2[nH]c(O)c(C(=Nc3ccc(CN4CCCC4)cc3)c3ccc(CN4CCCCC4)cc3)c2c1. The highest BCUT2D eigenvalue weighted by molar-refractivity contribution is 6.22. The molecule has 8 heteroatoms. The summed E-state index contributed by atoms with van der Waals surface area (Å²) in [4.78, 5) is 24.1. The van der Waals surface area contributed by atoms with Crippen LogP contribution in [0.2, 0.25) is 0 Å². The number of likely N-dealkylation sites (tertiary alicyclic amines) is 2. The van der Waals surface area contributed by atoms with Crippen LogP contribution in [0.5, 0.6) is 5.88 Å². The van der Waals surface area contributed by atoms with Crippen LogP contribution in [0.3, 0.4) is 0 Å². The lowest BCUT2D eigenvalue weighted by molar-refractivity contribution is -0.384. The van der Waals surface area contributed by atoms with E-state index in [0.717, 1.165) is 50.5 Å². The van der Waals surface area contributed by atoms with E-state index in [0.29, 0.717) is 22.2 Å². The molecule has 0 radical (unpaired) electrons. The van der Waals surface area contributed by atoms with E-state index in [1.54, 1.807) is 6.07 Å². The summed E-state index contributed by atoms with van der Waals surface area (Å²) in [6.45, 7) is 6.39. The van der Waals surface area contributed by atoms with Gasteiger partial charge in [-0.15, -0.1) is 0 Å². The molecule has 2 saturated heterocycles. The van der Waals surface area contributed by atoms with Gasteiger partial charge in [-0.3, -0.25) is 19.9 Å². The van der Waals surface area contributed by atoms with Crippen LogP contribution in [0.25, 0.3) is 10.9 Å². The molecular weight excluding hydrogens is 502 g/mol. The minimum absolute atomic E-state index is 0.0322. The van der Waals surface area contributed by atoms with E-state index in [-0.39, 0.29) is 11.6 Å². The molecule has 40 heavy (non-hydrogen) atoms. The molecule has 0 saturated carbocycles. The van der Waals surface area contributed by atoms with Crippen molar-refractivity contribution in [1.82, 2.24) is 14.8 Å². The molecule has 4 aromatic rings. The molecule has 2 N–H and O–H groups in total. The number of aliphatic imine (C=N–C) groups is 1. The zero-order chi connectivity index (χ0) is 27.5. The first-order chi connectivity index (χ1) is 19.5. The van der Waals surface area contributed by atoms with E-state index in [1.807, 2.05) is 24.3 Å². The topological polar surface area (TPSA) is 98.0 Å². The lowest BCUT2D eigenvalue weighted by Crippen LogP contribution is -2.29. The maximum absolute atomic E-state index is 11.5. The Hall–Kier alpha value is -4.01. The number of hydrogen-bond acceptors (Lipinski definition) is 6. The van der Waals surface area contributed by atoms with Crippen molar-refractivity contribution in [1.29, 1.82) is 0 Å². The molecule has 2 aliphatic rings. The Balaban J connectivity index is 1.37. The van der Waals surface area contributed by atoms with Gasteiger partial charge < -0.3 is 10.1 Å². The Labute approximate surface area is 234 Å². The number of aromatic amines is 1. The molecule has 206 valence electrons. The molecule has 6 rings (SSSR count). The molecule has 8 nitrogen and oxygen atoms in total. The number of aromatic hydroxyl groups is 1. The number of H-pyrrole nitrogens is 1. The lowest BCUT2D eigenvalue weighted by atomic mass is 9.99. The van der Waals surface area contributed by atoms with Crippen LogP contribution in [0.15, 0.2) is 71.7 Å². The van der Waals surface area contributed by atoms with E-state index >= 15 is 0 Å². The van der Waals surface area contributed by atoms with Crippen molar-refractivity contribution in [2.45, 2.75) is 45.2 Å². The number of nitrogens with one attached hydrogen (secondary N) is 1. The van der Waals surface area contributed by atoms with Crippen molar-refractivity contribution in [3.05, 3.63) is 99.1 Å². The minimum atomic E-state index is -0.418. The van der Waals surface area contributed by atoms with Crippen LogP contribution in [0, 0.1) is 10.1 Å². The molecule has 2 aliphatic heterocycles. The zero-order valence-electron chi connectivity index (χ0n) is 22.7. The summed E-state index contributed by atoms with van der Waals surface area (Å²) in [5.74, 6) is -0.0581. The monoisotopic (exact) mass is 537 g/mol. The summed E-state index contributed by atoms with van der Waals surface area (Å²) in [6.07, 6.45) is 6.32. The number of nitro groups is 1. The van der Waals surface area contributed by atoms with E-state index in [1.165, 1.54) is 55.4 Å². The van der Waals surface area contributed by atoms with Crippen molar-refractivity contribution in [2.24, 2.45) is 4.99 Å². The van der Waals surface area contributed by atoms with Crippen molar-refractivity contribution in [3.63, 3.8) is 0 Å². The molecule has 3 aromatic carbocycles. The third-order valence-electron chi connectivity index (χ3n) is 8.07. The molecule has 0 aliphatic carbocycles. The third-order valence-corrected chi connectivity index (χ3v) is 8.07. The fourth-order valence-electron chi connectivity index (χ4n) is 5.93. The smallest absolute Gasteiger partial charge is 0.270 e. The van der Waals surface area contributed by atoms with Crippen molar-refractivity contribution in [2.75, 3.05) is 26.2 Å². The first-order valence-corrected chi connectivity index (χ1v) is 14.2. The van der Waals surface area contributed by atoms with Crippen LogP contribution in [-0.2, 0) is 13.1 Å². The van der Waals surface area contributed by atoms with Crippen LogP contribution in [0.1, 0.15) is 54.4 Å². The maximum Gasteiger partial charge on any atom is 0.270 e. The highest BCUT2D eigenvalue weighted by Gasteiger charge is 2.21. The number of nitro benzene ring substituents is 1. The Morgan fingerprint density at radius 3 is 2.00 bits per heavy atom.